The normalized spacial score (nSPS) is 14.5. The standard InChI is InChI=1S/C19H22N2O/c1-3-15-8-10-17(11-9-15)20-14(2)19(22)21-13-12-16-6-4-5-7-18(16)21/h4-11,14,20H,3,12-13H2,1-2H3/t14-/m0/s1. The molecule has 0 bridgehead atoms. The first kappa shape index (κ1) is 14.6. The van der Waals surface area contributed by atoms with Gasteiger partial charge in [-0.3, -0.25) is 4.79 Å². The van der Waals surface area contributed by atoms with E-state index in [9.17, 15) is 4.79 Å². The van der Waals surface area contributed by atoms with E-state index in [0.717, 1.165) is 30.8 Å². The van der Waals surface area contributed by atoms with Gasteiger partial charge in [-0.05, 0) is 49.1 Å². The lowest BCUT2D eigenvalue weighted by molar-refractivity contribution is -0.118. The molecule has 0 aromatic heterocycles. The Balaban J connectivity index is 1.70. The van der Waals surface area contributed by atoms with Crippen LogP contribution in [0.3, 0.4) is 0 Å². The number of fused-ring (bicyclic) bond motifs is 1. The first-order valence-corrected chi connectivity index (χ1v) is 7.94. The van der Waals surface area contributed by atoms with Crippen molar-refractivity contribution in [2.75, 3.05) is 16.8 Å². The Morgan fingerprint density at radius 3 is 2.64 bits per heavy atom. The molecule has 0 saturated carbocycles. The first-order chi connectivity index (χ1) is 10.7. The predicted octanol–water partition coefficient (Wildman–Crippen LogP) is 3.64. The van der Waals surface area contributed by atoms with E-state index >= 15 is 0 Å². The molecule has 0 radical (unpaired) electrons. The molecule has 1 amide bonds. The Hall–Kier alpha value is -2.29. The minimum absolute atomic E-state index is 0.129. The summed E-state index contributed by atoms with van der Waals surface area (Å²) in [4.78, 5) is 14.6. The van der Waals surface area contributed by atoms with Crippen LogP contribution < -0.4 is 10.2 Å². The second kappa shape index (κ2) is 6.22. The second-order valence-corrected chi connectivity index (χ2v) is 5.79. The lowest BCUT2D eigenvalue weighted by Gasteiger charge is -2.23. The number of nitrogens with zero attached hydrogens (tertiary/aromatic N) is 1. The largest absolute Gasteiger partial charge is 0.374 e. The quantitative estimate of drug-likeness (QED) is 0.933. The molecule has 1 aliphatic heterocycles. The summed E-state index contributed by atoms with van der Waals surface area (Å²) >= 11 is 0. The molecule has 1 N–H and O–H groups in total. The van der Waals surface area contributed by atoms with Crippen LogP contribution in [0.25, 0.3) is 0 Å². The van der Waals surface area contributed by atoms with Gasteiger partial charge in [-0.15, -0.1) is 0 Å². The molecule has 3 nitrogen and oxygen atoms in total. The number of rotatable bonds is 4. The Morgan fingerprint density at radius 1 is 1.18 bits per heavy atom. The number of aryl methyl sites for hydroxylation is 1. The van der Waals surface area contributed by atoms with Gasteiger partial charge in [0.25, 0.3) is 0 Å². The van der Waals surface area contributed by atoms with Crippen LogP contribution in [-0.4, -0.2) is 18.5 Å². The van der Waals surface area contributed by atoms with Crippen LogP contribution in [0.4, 0.5) is 11.4 Å². The zero-order chi connectivity index (χ0) is 15.5. The van der Waals surface area contributed by atoms with Gasteiger partial charge in [0.1, 0.15) is 6.04 Å². The van der Waals surface area contributed by atoms with Crippen molar-refractivity contribution in [3.63, 3.8) is 0 Å². The van der Waals surface area contributed by atoms with Gasteiger partial charge in [-0.25, -0.2) is 0 Å². The van der Waals surface area contributed by atoms with Gasteiger partial charge in [0, 0.05) is 17.9 Å². The number of amides is 1. The van der Waals surface area contributed by atoms with Crippen molar-refractivity contribution in [3.05, 3.63) is 59.7 Å². The van der Waals surface area contributed by atoms with Crippen molar-refractivity contribution in [2.45, 2.75) is 32.7 Å². The van der Waals surface area contributed by atoms with E-state index in [2.05, 4.69) is 30.4 Å². The maximum absolute atomic E-state index is 12.7. The van der Waals surface area contributed by atoms with Crippen LogP contribution in [0.1, 0.15) is 25.0 Å². The fraction of sp³-hybridized carbons (Fsp3) is 0.316. The molecule has 0 aliphatic carbocycles. The van der Waals surface area contributed by atoms with Crippen molar-refractivity contribution in [3.8, 4) is 0 Å². The van der Waals surface area contributed by atoms with Gasteiger partial charge >= 0.3 is 0 Å². The number of para-hydroxylation sites is 1. The number of anilines is 2. The van der Waals surface area contributed by atoms with Gasteiger partial charge in [-0.2, -0.15) is 0 Å². The van der Waals surface area contributed by atoms with E-state index in [1.807, 2.05) is 42.2 Å². The summed E-state index contributed by atoms with van der Waals surface area (Å²) in [6, 6.07) is 16.2. The maximum Gasteiger partial charge on any atom is 0.249 e. The third-order valence-electron chi connectivity index (χ3n) is 4.27. The van der Waals surface area contributed by atoms with Crippen LogP contribution in [0.15, 0.2) is 48.5 Å². The van der Waals surface area contributed by atoms with Crippen LogP contribution in [0.5, 0.6) is 0 Å². The Morgan fingerprint density at radius 2 is 1.91 bits per heavy atom. The van der Waals surface area contributed by atoms with Crippen molar-refractivity contribution >= 4 is 17.3 Å². The summed E-state index contributed by atoms with van der Waals surface area (Å²) in [6.45, 7) is 4.84. The Kier molecular flexibility index (Phi) is 4.14. The predicted molar refractivity (Wildman–Crippen MR) is 91.4 cm³/mol. The molecule has 2 aromatic carbocycles. The molecule has 0 unspecified atom stereocenters. The van der Waals surface area contributed by atoms with Crippen molar-refractivity contribution < 1.29 is 4.79 Å². The van der Waals surface area contributed by atoms with Crippen LogP contribution in [0, 0.1) is 0 Å². The van der Waals surface area contributed by atoms with E-state index in [0.29, 0.717) is 0 Å². The Bertz CT molecular complexity index is 663. The molecule has 3 rings (SSSR count). The molecule has 0 spiro atoms. The van der Waals surface area contributed by atoms with Crippen LogP contribution in [0.2, 0.25) is 0 Å². The number of carbonyl (C=O) groups is 1. The zero-order valence-electron chi connectivity index (χ0n) is 13.2. The molecular weight excluding hydrogens is 272 g/mol. The number of benzene rings is 2. The number of carbonyl (C=O) groups excluding carboxylic acids is 1. The monoisotopic (exact) mass is 294 g/mol. The molecule has 114 valence electrons. The molecule has 2 aromatic rings. The van der Waals surface area contributed by atoms with E-state index in [-0.39, 0.29) is 11.9 Å². The van der Waals surface area contributed by atoms with E-state index < -0.39 is 0 Å². The lowest BCUT2D eigenvalue weighted by atomic mass is 10.1. The van der Waals surface area contributed by atoms with Crippen LogP contribution in [-0.2, 0) is 17.6 Å². The maximum atomic E-state index is 12.7. The highest BCUT2D eigenvalue weighted by atomic mass is 16.2. The average Bonchev–Trinajstić information content (AvgIpc) is 2.99. The van der Waals surface area contributed by atoms with Crippen molar-refractivity contribution in [1.29, 1.82) is 0 Å². The highest BCUT2D eigenvalue weighted by Gasteiger charge is 2.27. The highest BCUT2D eigenvalue weighted by Crippen LogP contribution is 2.28. The van der Waals surface area contributed by atoms with E-state index in [4.69, 9.17) is 0 Å². The second-order valence-electron chi connectivity index (χ2n) is 5.79. The first-order valence-electron chi connectivity index (χ1n) is 7.94. The minimum atomic E-state index is -0.237. The molecule has 0 fully saturated rings. The molecular formula is C19H22N2O. The fourth-order valence-corrected chi connectivity index (χ4v) is 2.95. The summed E-state index contributed by atoms with van der Waals surface area (Å²) in [5.41, 5.74) is 4.61. The zero-order valence-corrected chi connectivity index (χ0v) is 13.2. The molecule has 0 saturated heterocycles. The van der Waals surface area contributed by atoms with Gasteiger partial charge in [0.15, 0.2) is 0 Å². The number of hydrogen-bond acceptors (Lipinski definition) is 2. The van der Waals surface area contributed by atoms with Crippen molar-refractivity contribution in [2.24, 2.45) is 0 Å². The van der Waals surface area contributed by atoms with Gasteiger partial charge in [0.05, 0.1) is 0 Å². The summed E-state index contributed by atoms with van der Waals surface area (Å²) < 4.78 is 0. The summed E-state index contributed by atoms with van der Waals surface area (Å²) in [5, 5.41) is 3.31. The summed E-state index contributed by atoms with van der Waals surface area (Å²) in [5.74, 6) is 0.129. The minimum Gasteiger partial charge on any atom is -0.374 e. The number of nitrogens with one attached hydrogen (secondary N) is 1. The van der Waals surface area contributed by atoms with E-state index in [1.165, 1.54) is 11.1 Å². The molecule has 1 atom stereocenters. The van der Waals surface area contributed by atoms with Crippen molar-refractivity contribution in [1.82, 2.24) is 0 Å². The van der Waals surface area contributed by atoms with Gasteiger partial charge in [-0.1, -0.05) is 37.3 Å². The summed E-state index contributed by atoms with van der Waals surface area (Å²) in [6.07, 6.45) is 1.97. The average molecular weight is 294 g/mol. The molecule has 1 aliphatic rings. The Labute approximate surface area is 132 Å². The smallest absolute Gasteiger partial charge is 0.249 e. The molecule has 1 heterocycles. The third kappa shape index (κ3) is 2.84. The van der Waals surface area contributed by atoms with Crippen LogP contribution >= 0.6 is 0 Å². The third-order valence-corrected chi connectivity index (χ3v) is 4.27. The molecule has 3 heteroatoms. The molecule has 22 heavy (non-hydrogen) atoms. The van der Waals surface area contributed by atoms with E-state index in [1.54, 1.807) is 0 Å². The SMILES string of the molecule is CCc1ccc(N[C@@H](C)C(=O)N2CCc3ccccc32)cc1. The highest BCUT2D eigenvalue weighted by molar-refractivity contribution is 6.00. The fourth-order valence-electron chi connectivity index (χ4n) is 2.95. The lowest BCUT2D eigenvalue weighted by Crippen LogP contribution is -2.40. The van der Waals surface area contributed by atoms with Gasteiger partial charge in [0.2, 0.25) is 5.91 Å². The van der Waals surface area contributed by atoms with Gasteiger partial charge < -0.3 is 10.2 Å². The topological polar surface area (TPSA) is 32.3 Å². The number of hydrogen-bond donors (Lipinski definition) is 1. The summed E-state index contributed by atoms with van der Waals surface area (Å²) in [7, 11) is 0.